The second-order valence-electron chi connectivity index (χ2n) is 8.39. The molecule has 0 saturated carbocycles. The minimum Gasteiger partial charge on any atom is -0.512 e. The van der Waals surface area contributed by atoms with E-state index in [0.29, 0.717) is 41.1 Å². The summed E-state index contributed by atoms with van der Waals surface area (Å²) in [6.07, 6.45) is 3.07. The first-order chi connectivity index (χ1) is 14.6. The molecular weight excluding hydrogens is 456 g/mol. The minimum atomic E-state index is -0.252. The number of carbonyl (C=O) groups excluding carboxylic acids is 1. The van der Waals surface area contributed by atoms with Gasteiger partial charge in [0.1, 0.15) is 11.5 Å². The number of halogens is 1. The van der Waals surface area contributed by atoms with Gasteiger partial charge in [-0.3, -0.25) is 4.79 Å². The molecule has 31 heavy (non-hydrogen) atoms. The van der Waals surface area contributed by atoms with Gasteiger partial charge in [-0.05, 0) is 59.4 Å². The molecule has 0 heterocycles. The van der Waals surface area contributed by atoms with E-state index < -0.39 is 0 Å². The van der Waals surface area contributed by atoms with Gasteiger partial charge < -0.3 is 15.6 Å². The smallest absolute Gasteiger partial charge is 0.219 e. The van der Waals surface area contributed by atoms with Crippen LogP contribution in [0, 0.1) is 5.41 Å². The number of nitrogen functional groups attached to an aromatic ring is 1. The Morgan fingerprint density at radius 3 is 2.68 bits per heavy atom. The molecule has 0 aromatic heterocycles. The lowest BCUT2D eigenvalue weighted by Gasteiger charge is -2.30. The summed E-state index contributed by atoms with van der Waals surface area (Å²) in [6.45, 7) is 9.76. The van der Waals surface area contributed by atoms with Crippen molar-refractivity contribution < 1.29 is 14.6 Å². The van der Waals surface area contributed by atoms with Crippen LogP contribution in [-0.2, 0) is 11.2 Å². The third-order valence-electron chi connectivity index (χ3n) is 5.20. The summed E-state index contributed by atoms with van der Waals surface area (Å²) in [5, 5.41) is 10.7. The normalized spacial score (nSPS) is 16.4. The van der Waals surface area contributed by atoms with Crippen LogP contribution in [0.1, 0.15) is 44.7 Å². The van der Waals surface area contributed by atoms with Crippen molar-refractivity contribution in [2.45, 2.75) is 40.0 Å². The number of rotatable bonds is 5. The Morgan fingerprint density at radius 1 is 1.29 bits per heavy atom. The minimum absolute atomic E-state index is 0.0554. The molecule has 2 aromatic carbocycles. The monoisotopic (exact) mass is 482 g/mol. The predicted molar refractivity (Wildman–Crippen MR) is 130 cm³/mol. The zero-order valence-corrected chi connectivity index (χ0v) is 19.6. The van der Waals surface area contributed by atoms with E-state index in [-0.39, 0.29) is 22.9 Å². The lowest BCUT2D eigenvalue weighted by Crippen LogP contribution is -2.25. The van der Waals surface area contributed by atoms with Crippen molar-refractivity contribution >= 4 is 44.6 Å². The zero-order valence-electron chi connectivity index (χ0n) is 18.0. The standard InChI is InChI=1S/C25H27BrN2O3/c1-5-15-7-9-17(12-18(15)24-21(29)13-25(3,4)14-22(24)30)31-23(6-2)28-20-11-16(26)8-10-19(20)27/h6-12,29H,2,5,13-14,27H2,1,3-4H3/b28-23+. The van der Waals surface area contributed by atoms with Gasteiger partial charge in [0.05, 0.1) is 16.9 Å². The summed E-state index contributed by atoms with van der Waals surface area (Å²) < 4.78 is 6.80. The van der Waals surface area contributed by atoms with Gasteiger partial charge >= 0.3 is 0 Å². The molecular formula is C25H27BrN2O3. The number of aliphatic hydroxyl groups is 1. The Hall–Kier alpha value is -2.86. The van der Waals surface area contributed by atoms with Crippen LogP contribution in [0.2, 0.25) is 0 Å². The van der Waals surface area contributed by atoms with E-state index in [0.717, 1.165) is 16.5 Å². The molecule has 0 aliphatic heterocycles. The van der Waals surface area contributed by atoms with Crippen LogP contribution in [-0.4, -0.2) is 16.8 Å². The number of carbonyl (C=O) groups is 1. The zero-order chi connectivity index (χ0) is 22.8. The predicted octanol–water partition coefficient (Wildman–Crippen LogP) is 6.55. The lowest BCUT2D eigenvalue weighted by atomic mass is 9.74. The number of nitrogens with zero attached hydrogens (tertiary/aromatic N) is 1. The second kappa shape index (κ2) is 9.10. The average molecular weight is 483 g/mol. The van der Waals surface area contributed by atoms with Crippen molar-refractivity contribution in [1.82, 2.24) is 0 Å². The largest absolute Gasteiger partial charge is 0.512 e. The van der Waals surface area contributed by atoms with Crippen molar-refractivity contribution in [3.8, 4) is 5.75 Å². The Kier molecular flexibility index (Phi) is 6.70. The number of aliphatic imine (C=N–C) groups is 1. The number of aryl methyl sites for hydroxylation is 1. The number of Topliss-reactive ketones (excluding diaryl/α,β-unsaturated/α-hetero) is 1. The molecule has 1 aliphatic rings. The van der Waals surface area contributed by atoms with Crippen LogP contribution in [0.15, 0.2) is 64.3 Å². The molecule has 3 rings (SSSR count). The number of hydrogen-bond donors (Lipinski definition) is 2. The van der Waals surface area contributed by atoms with E-state index in [4.69, 9.17) is 10.5 Å². The van der Waals surface area contributed by atoms with Gasteiger partial charge in [0.15, 0.2) is 5.78 Å². The Balaban J connectivity index is 2.00. The van der Waals surface area contributed by atoms with Gasteiger partial charge in [0, 0.05) is 17.3 Å². The third kappa shape index (κ3) is 5.25. The van der Waals surface area contributed by atoms with Gasteiger partial charge in [-0.1, -0.05) is 49.3 Å². The highest BCUT2D eigenvalue weighted by Crippen LogP contribution is 2.41. The fourth-order valence-corrected chi connectivity index (χ4v) is 4.07. The van der Waals surface area contributed by atoms with E-state index in [1.807, 2.05) is 39.0 Å². The Bertz CT molecular complexity index is 1100. The number of hydrogen-bond acceptors (Lipinski definition) is 5. The van der Waals surface area contributed by atoms with Gasteiger partial charge in [0.25, 0.3) is 0 Å². The maximum absolute atomic E-state index is 12.9. The molecule has 0 spiro atoms. The van der Waals surface area contributed by atoms with Crippen molar-refractivity contribution in [3.05, 3.63) is 70.4 Å². The topological polar surface area (TPSA) is 84.9 Å². The van der Waals surface area contributed by atoms with Crippen molar-refractivity contribution in [3.63, 3.8) is 0 Å². The summed E-state index contributed by atoms with van der Waals surface area (Å²) in [5.74, 6) is 0.847. The lowest BCUT2D eigenvalue weighted by molar-refractivity contribution is -0.116. The second-order valence-corrected chi connectivity index (χ2v) is 9.31. The number of nitrogens with two attached hydrogens (primary N) is 1. The van der Waals surface area contributed by atoms with Crippen LogP contribution in [0.25, 0.3) is 5.57 Å². The first-order valence-corrected chi connectivity index (χ1v) is 11.0. The van der Waals surface area contributed by atoms with Crippen molar-refractivity contribution in [1.29, 1.82) is 0 Å². The Morgan fingerprint density at radius 2 is 2.03 bits per heavy atom. The molecule has 5 nitrogen and oxygen atoms in total. The van der Waals surface area contributed by atoms with Gasteiger partial charge in [-0.15, -0.1) is 0 Å². The SMILES string of the molecule is C=C/C(=N\c1cc(Br)ccc1N)Oc1ccc(CC)c(C2=C(O)CC(C)(C)CC2=O)c1. The van der Waals surface area contributed by atoms with Crippen LogP contribution in [0.3, 0.4) is 0 Å². The molecule has 0 bridgehead atoms. The molecule has 0 amide bonds. The summed E-state index contributed by atoms with van der Waals surface area (Å²) in [5.41, 5.74) is 8.87. The molecule has 0 atom stereocenters. The van der Waals surface area contributed by atoms with Crippen LogP contribution >= 0.6 is 15.9 Å². The van der Waals surface area contributed by atoms with E-state index in [9.17, 15) is 9.90 Å². The molecule has 0 radical (unpaired) electrons. The first-order valence-electron chi connectivity index (χ1n) is 10.2. The summed E-state index contributed by atoms with van der Waals surface area (Å²) in [6, 6.07) is 10.9. The quantitative estimate of drug-likeness (QED) is 0.287. The van der Waals surface area contributed by atoms with Gasteiger partial charge in [-0.2, -0.15) is 0 Å². The molecule has 0 unspecified atom stereocenters. The van der Waals surface area contributed by atoms with Crippen LogP contribution < -0.4 is 10.5 Å². The Labute approximate surface area is 191 Å². The first kappa shape index (κ1) is 22.8. The molecule has 162 valence electrons. The maximum atomic E-state index is 12.9. The van der Waals surface area contributed by atoms with E-state index in [2.05, 4.69) is 27.5 Å². The number of ether oxygens (including phenoxy) is 1. The van der Waals surface area contributed by atoms with Crippen molar-refractivity contribution in [2.24, 2.45) is 10.4 Å². The van der Waals surface area contributed by atoms with Crippen LogP contribution in [0.5, 0.6) is 5.75 Å². The number of benzene rings is 2. The molecule has 0 fully saturated rings. The van der Waals surface area contributed by atoms with Gasteiger partial charge in [-0.25, -0.2) is 4.99 Å². The van der Waals surface area contributed by atoms with E-state index in [1.165, 1.54) is 6.08 Å². The summed E-state index contributed by atoms with van der Waals surface area (Å²) >= 11 is 3.41. The third-order valence-corrected chi connectivity index (χ3v) is 5.70. The van der Waals surface area contributed by atoms with Gasteiger partial charge in [0.2, 0.25) is 5.90 Å². The van der Waals surface area contributed by atoms with E-state index >= 15 is 0 Å². The number of ketones is 1. The summed E-state index contributed by atoms with van der Waals surface area (Å²) in [4.78, 5) is 17.3. The highest BCUT2D eigenvalue weighted by molar-refractivity contribution is 9.10. The molecule has 6 heteroatoms. The fraction of sp³-hybridized carbons (Fsp3) is 0.280. The van der Waals surface area contributed by atoms with Crippen molar-refractivity contribution in [2.75, 3.05) is 5.73 Å². The number of aliphatic hydroxyl groups excluding tert-OH is 1. The highest BCUT2D eigenvalue weighted by Gasteiger charge is 2.34. The number of anilines is 1. The average Bonchev–Trinajstić information content (AvgIpc) is 2.69. The molecule has 0 saturated heterocycles. The van der Waals surface area contributed by atoms with E-state index in [1.54, 1.807) is 18.2 Å². The maximum Gasteiger partial charge on any atom is 0.219 e. The number of allylic oxidation sites excluding steroid dienone is 2. The van der Waals surface area contributed by atoms with Crippen LogP contribution in [0.4, 0.5) is 11.4 Å². The highest BCUT2D eigenvalue weighted by atomic mass is 79.9. The molecule has 3 N–H and O–H groups in total. The molecule has 2 aromatic rings. The molecule has 1 aliphatic carbocycles. The fourth-order valence-electron chi connectivity index (χ4n) is 3.72. The summed E-state index contributed by atoms with van der Waals surface area (Å²) in [7, 11) is 0.